The molecule has 3 rings (SSSR count). The van der Waals surface area contributed by atoms with Gasteiger partial charge in [0.05, 0.1) is 6.42 Å². The van der Waals surface area contributed by atoms with Crippen molar-refractivity contribution in [3.05, 3.63) is 48.3 Å². The van der Waals surface area contributed by atoms with E-state index < -0.39 is 0 Å². The van der Waals surface area contributed by atoms with Gasteiger partial charge in [-0.05, 0) is 12.5 Å². The Balaban J connectivity index is 1.56. The Labute approximate surface area is 131 Å². The minimum absolute atomic E-state index is 0.213. The molecule has 1 amide bonds. The predicted molar refractivity (Wildman–Crippen MR) is 86.8 cm³/mol. The minimum atomic E-state index is 0.213. The van der Waals surface area contributed by atoms with Crippen LogP contribution in [0.15, 0.2) is 42.7 Å². The Morgan fingerprint density at radius 1 is 1.14 bits per heavy atom. The maximum absolute atomic E-state index is 12.4. The van der Waals surface area contributed by atoms with Gasteiger partial charge in [-0.15, -0.1) is 0 Å². The van der Waals surface area contributed by atoms with Crippen LogP contribution in [0.5, 0.6) is 0 Å². The van der Waals surface area contributed by atoms with Crippen LogP contribution in [0, 0.1) is 0 Å². The highest BCUT2D eigenvalue weighted by Gasteiger charge is 2.23. The normalized spacial score (nSPS) is 15.1. The van der Waals surface area contributed by atoms with Gasteiger partial charge in [0.15, 0.2) is 0 Å². The lowest BCUT2D eigenvalue weighted by Crippen LogP contribution is -2.49. The molecule has 116 valence electrons. The van der Waals surface area contributed by atoms with E-state index in [0.717, 1.165) is 44.2 Å². The average Bonchev–Trinajstić information content (AvgIpc) is 3.04. The summed E-state index contributed by atoms with van der Waals surface area (Å²) in [7, 11) is 0. The van der Waals surface area contributed by atoms with E-state index in [-0.39, 0.29) is 5.91 Å². The maximum Gasteiger partial charge on any atom is 0.227 e. The molecule has 5 heteroatoms. The van der Waals surface area contributed by atoms with Crippen LogP contribution in [0.25, 0.3) is 0 Å². The topological polar surface area (TPSA) is 41.4 Å². The van der Waals surface area contributed by atoms with E-state index in [1.165, 1.54) is 0 Å². The fraction of sp³-hybridized carbons (Fsp3) is 0.412. The number of anilines is 1. The summed E-state index contributed by atoms with van der Waals surface area (Å²) >= 11 is 0. The smallest absolute Gasteiger partial charge is 0.227 e. The van der Waals surface area contributed by atoms with E-state index in [1.54, 1.807) is 0 Å². The zero-order chi connectivity index (χ0) is 15.4. The van der Waals surface area contributed by atoms with Gasteiger partial charge in [-0.3, -0.25) is 4.79 Å². The number of nitrogens with zero attached hydrogens (tertiary/aromatic N) is 4. The second-order valence-electron chi connectivity index (χ2n) is 5.54. The van der Waals surface area contributed by atoms with E-state index >= 15 is 0 Å². The van der Waals surface area contributed by atoms with Crippen molar-refractivity contribution in [3.8, 4) is 0 Å². The molecule has 1 fully saturated rings. The molecule has 1 aliphatic heterocycles. The Morgan fingerprint density at radius 2 is 1.86 bits per heavy atom. The third-order valence-electron chi connectivity index (χ3n) is 4.15. The number of carbonyl (C=O) groups excluding carboxylic acids is 1. The molecule has 0 saturated carbocycles. The summed E-state index contributed by atoms with van der Waals surface area (Å²) in [5.41, 5.74) is 1.08. The molecule has 22 heavy (non-hydrogen) atoms. The Kier molecular flexibility index (Phi) is 4.42. The lowest BCUT2D eigenvalue weighted by molar-refractivity contribution is -0.130. The lowest BCUT2D eigenvalue weighted by Gasteiger charge is -2.35. The molecule has 0 unspecified atom stereocenters. The summed E-state index contributed by atoms with van der Waals surface area (Å²) < 4.78 is 2.14. The first-order chi connectivity index (χ1) is 10.8. The first kappa shape index (κ1) is 14.6. The van der Waals surface area contributed by atoms with Gasteiger partial charge < -0.3 is 14.4 Å². The first-order valence-electron chi connectivity index (χ1n) is 7.85. The van der Waals surface area contributed by atoms with Crippen molar-refractivity contribution in [1.29, 1.82) is 0 Å². The molecule has 2 heterocycles. The third-order valence-corrected chi connectivity index (χ3v) is 4.15. The van der Waals surface area contributed by atoms with Crippen LogP contribution >= 0.6 is 0 Å². The second kappa shape index (κ2) is 6.64. The van der Waals surface area contributed by atoms with Gasteiger partial charge in [0.2, 0.25) is 11.9 Å². The average molecular weight is 298 g/mol. The van der Waals surface area contributed by atoms with Crippen LogP contribution < -0.4 is 4.90 Å². The quantitative estimate of drug-likeness (QED) is 0.864. The molecule has 1 aromatic heterocycles. The van der Waals surface area contributed by atoms with E-state index in [0.29, 0.717) is 6.42 Å². The Hall–Kier alpha value is -2.30. The van der Waals surface area contributed by atoms with E-state index in [4.69, 9.17) is 0 Å². The third kappa shape index (κ3) is 3.13. The molecule has 1 saturated heterocycles. The number of imidazole rings is 1. The number of piperazine rings is 1. The van der Waals surface area contributed by atoms with E-state index in [2.05, 4.69) is 21.4 Å². The first-order valence-corrected chi connectivity index (χ1v) is 7.85. The number of aryl methyl sites for hydroxylation is 1. The maximum atomic E-state index is 12.4. The highest BCUT2D eigenvalue weighted by atomic mass is 16.2. The summed E-state index contributed by atoms with van der Waals surface area (Å²) in [5, 5.41) is 0. The molecule has 0 spiro atoms. The molecule has 0 atom stereocenters. The summed E-state index contributed by atoms with van der Waals surface area (Å²) in [4.78, 5) is 21.0. The summed E-state index contributed by atoms with van der Waals surface area (Å²) in [6.45, 7) is 6.26. The monoisotopic (exact) mass is 298 g/mol. The van der Waals surface area contributed by atoms with Gasteiger partial charge in [-0.1, -0.05) is 30.3 Å². The van der Waals surface area contributed by atoms with Crippen molar-refractivity contribution >= 4 is 11.9 Å². The van der Waals surface area contributed by atoms with Crippen molar-refractivity contribution in [1.82, 2.24) is 14.5 Å². The van der Waals surface area contributed by atoms with Crippen molar-refractivity contribution in [3.63, 3.8) is 0 Å². The zero-order valence-electron chi connectivity index (χ0n) is 13.0. The fourth-order valence-corrected chi connectivity index (χ4v) is 2.87. The van der Waals surface area contributed by atoms with Gasteiger partial charge in [0, 0.05) is 45.1 Å². The SMILES string of the molecule is CCn1ccnc1N1CCN(C(=O)Cc2ccccc2)CC1. The van der Waals surface area contributed by atoms with Crippen molar-refractivity contribution in [2.75, 3.05) is 31.1 Å². The highest BCUT2D eigenvalue weighted by molar-refractivity contribution is 5.79. The molecule has 2 aromatic rings. The summed E-state index contributed by atoms with van der Waals surface area (Å²) in [6, 6.07) is 9.94. The molecule has 5 nitrogen and oxygen atoms in total. The number of carbonyl (C=O) groups is 1. The molecule has 1 aliphatic rings. The predicted octanol–water partition coefficient (Wildman–Crippen LogP) is 1.79. The molecule has 1 aromatic carbocycles. The Bertz CT molecular complexity index is 615. The van der Waals surface area contributed by atoms with E-state index in [1.807, 2.05) is 47.6 Å². The van der Waals surface area contributed by atoms with Crippen molar-refractivity contribution < 1.29 is 4.79 Å². The molecule has 0 aliphatic carbocycles. The fourth-order valence-electron chi connectivity index (χ4n) is 2.87. The van der Waals surface area contributed by atoms with Gasteiger partial charge >= 0.3 is 0 Å². The van der Waals surface area contributed by atoms with Crippen LogP contribution in [-0.2, 0) is 17.8 Å². The number of rotatable bonds is 4. The second-order valence-corrected chi connectivity index (χ2v) is 5.54. The van der Waals surface area contributed by atoms with Crippen LogP contribution in [-0.4, -0.2) is 46.5 Å². The van der Waals surface area contributed by atoms with Gasteiger partial charge in [-0.25, -0.2) is 4.98 Å². The van der Waals surface area contributed by atoms with Crippen molar-refractivity contribution in [2.45, 2.75) is 19.9 Å². The van der Waals surface area contributed by atoms with E-state index in [9.17, 15) is 4.79 Å². The van der Waals surface area contributed by atoms with Crippen LogP contribution in [0.1, 0.15) is 12.5 Å². The number of benzene rings is 1. The Morgan fingerprint density at radius 3 is 2.55 bits per heavy atom. The molecular weight excluding hydrogens is 276 g/mol. The lowest BCUT2D eigenvalue weighted by atomic mass is 10.1. The van der Waals surface area contributed by atoms with Crippen molar-refractivity contribution in [2.24, 2.45) is 0 Å². The number of amides is 1. The van der Waals surface area contributed by atoms with Crippen LogP contribution in [0.3, 0.4) is 0 Å². The highest BCUT2D eigenvalue weighted by Crippen LogP contribution is 2.15. The molecule has 0 N–H and O–H groups in total. The van der Waals surface area contributed by atoms with Crippen LogP contribution in [0.4, 0.5) is 5.95 Å². The number of aromatic nitrogens is 2. The number of hydrogen-bond acceptors (Lipinski definition) is 3. The molecule has 0 bridgehead atoms. The summed E-state index contributed by atoms with van der Waals surface area (Å²) in [6.07, 6.45) is 4.33. The van der Waals surface area contributed by atoms with Gasteiger partial charge in [0.25, 0.3) is 0 Å². The van der Waals surface area contributed by atoms with Crippen LogP contribution in [0.2, 0.25) is 0 Å². The minimum Gasteiger partial charge on any atom is -0.339 e. The molecular formula is C17H22N4O. The summed E-state index contributed by atoms with van der Waals surface area (Å²) in [5.74, 6) is 1.22. The number of hydrogen-bond donors (Lipinski definition) is 0. The largest absolute Gasteiger partial charge is 0.339 e. The zero-order valence-corrected chi connectivity index (χ0v) is 13.0. The van der Waals surface area contributed by atoms with Gasteiger partial charge in [-0.2, -0.15) is 0 Å². The molecule has 0 radical (unpaired) electrons. The van der Waals surface area contributed by atoms with Gasteiger partial charge in [0.1, 0.15) is 0 Å². The standard InChI is InChI=1S/C17H22N4O/c1-2-19-9-8-18-17(19)21-12-10-20(11-13-21)16(22)14-15-6-4-3-5-7-15/h3-9H,2,10-14H2,1H3.